The third-order valence-electron chi connectivity index (χ3n) is 4.67. The van der Waals surface area contributed by atoms with Gasteiger partial charge >= 0.3 is 11.3 Å². The van der Waals surface area contributed by atoms with Crippen molar-refractivity contribution in [3.05, 3.63) is 69.5 Å². The van der Waals surface area contributed by atoms with E-state index in [-0.39, 0.29) is 11.5 Å². The molecule has 0 spiro atoms. The van der Waals surface area contributed by atoms with Gasteiger partial charge in [0.25, 0.3) is 6.17 Å². The molecule has 1 aliphatic heterocycles. The quantitative estimate of drug-likeness (QED) is 0.527. The van der Waals surface area contributed by atoms with Gasteiger partial charge in [0.15, 0.2) is 0 Å². The monoisotopic (exact) mass is 413 g/mol. The lowest BCUT2D eigenvalue weighted by atomic mass is 10.0. The average Bonchev–Trinajstić information content (AvgIpc) is 2.71. The van der Waals surface area contributed by atoms with Crippen LogP contribution in [-0.4, -0.2) is 22.2 Å². The van der Waals surface area contributed by atoms with E-state index in [1.54, 1.807) is 21.7 Å². The summed E-state index contributed by atoms with van der Waals surface area (Å²) in [5.41, 5.74) is 2.30. The fourth-order valence-corrected chi connectivity index (χ4v) is 4.03. The van der Waals surface area contributed by atoms with Crippen molar-refractivity contribution in [3.63, 3.8) is 0 Å². The van der Waals surface area contributed by atoms with Gasteiger partial charge in [0, 0.05) is 22.1 Å². The first-order chi connectivity index (χ1) is 13.5. The molecule has 1 aliphatic rings. The SMILES string of the molecule is CCC(=O)N1c2ccccc2-c2c(=O)[nH]c(SC)n[n+]2C1c1cccc(Cl)c1. The number of aromatic nitrogens is 3. The Labute approximate surface area is 171 Å². The number of anilines is 1. The number of aromatic amines is 1. The Morgan fingerprint density at radius 3 is 2.79 bits per heavy atom. The molecule has 0 radical (unpaired) electrons. The highest BCUT2D eigenvalue weighted by molar-refractivity contribution is 7.98. The molecule has 0 saturated carbocycles. The van der Waals surface area contributed by atoms with Crippen LogP contribution in [0.4, 0.5) is 5.69 Å². The van der Waals surface area contributed by atoms with E-state index >= 15 is 0 Å². The van der Waals surface area contributed by atoms with E-state index in [0.717, 1.165) is 5.56 Å². The van der Waals surface area contributed by atoms with Crippen LogP contribution >= 0.6 is 23.4 Å². The number of carbonyl (C=O) groups is 1. The second-order valence-electron chi connectivity index (χ2n) is 6.32. The molecule has 28 heavy (non-hydrogen) atoms. The van der Waals surface area contributed by atoms with E-state index < -0.39 is 6.17 Å². The van der Waals surface area contributed by atoms with Gasteiger partial charge in [0.2, 0.25) is 11.1 Å². The fraction of sp³-hybridized carbons (Fsp3) is 0.200. The average molecular weight is 414 g/mol. The maximum Gasteiger partial charge on any atom is 0.325 e. The van der Waals surface area contributed by atoms with Crippen molar-refractivity contribution in [2.24, 2.45) is 0 Å². The molecule has 1 atom stereocenters. The summed E-state index contributed by atoms with van der Waals surface area (Å²) < 4.78 is 1.63. The molecule has 3 aromatic rings. The zero-order valence-electron chi connectivity index (χ0n) is 15.3. The molecule has 0 fully saturated rings. The number of halogens is 1. The summed E-state index contributed by atoms with van der Waals surface area (Å²) in [7, 11) is 0. The lowest BCUT2D eigenvalue weighted by Crippen LogP contribution is -2.60. The summed E-state index contributed by atoms with van der Waals surface area (Å²) in [5.74, 6) is -0.0663. The van der Waals surface area contributed by atoms with Crippen LogP contribution in [-0.2, 0) is 4.79 Å². The van der Waals surface area contributed by atoms with Crippen LogP contribution in [0.3, 0.4) is 0 Å². The molecule has 4 rings (SSSR count). The fourth-order valence-electron chi connectivity index (χ4n) is 3.47. The van der Waals surface area contributed by atoms with Crippen LogP contribution in [0.15, 0.2) is 58.5 Å². The van der Waals surface area contributed by atoms with Gasteiger partial charge < -0.3 is 0 Å². The molecule has 1 aromatic heterocycles. The van der Waals surface area contributed by atoms with Gasteiger partial charge in [-0.15, -0.1) is 0 Å². The third kappa shape index (κ3) is 3.00. The predicted molar refractivity (Wildman–Crippen MR) is 110 cm³/mol. The van der Waals surface area contributed by atoms with Crippen molar-refractivity contribution in [2.45, 2.75) is 24.7 Å². The minimum absolute atomic E-state index is 0.0663. The number of nitrogens with zero attached hydrogens (tertiary/aromatic N) is 3. The number of para-hydroxylation sites is 1. The molecule has 0 saturated heterocycles. The number of H-pyrrole nitrogens is 1. The highest BCUT2D eigenvalue weighted by Crippen LogP contribution is 2.37. The van der Waals surface area contributed by atoms with E-state index in [1.165, 1.54) is 11.8 Å². The maximum atomic E-state index is 13.0. The second kappa shape index (κ2) is 7.41. The highest BCUT2D eigenvalue weighted by Gasteiger charge is 2.45. The Morgan fingerprint density at radius 2 is 2.07 bits per heavy atom. The molecule has 6 nitrogen and oxygen atoms in total. The van der Waals surface area contributed by atoms with Crippen LogP contribution in [0.1, 0.15) is 25.1 Å². The predicted octanol–water partition coefficient (Wildman–Crippen LogP) is 3.40. The third-order valence-corrected chi connectivity index (χ3v) is 5.47. The minimum Gasteiger partial charge on any atom is -0.291 e. The van der Waals surface area contributed by atoms with E-state index in [4.69, 9.17) is 11.6 Å². The molecule has 1 amide bonds. The summed E-state index contributed by atoms with van der Waals surface area (Å²) in [6.07, 6.45) is 1.55. The Bertz CT molecular complexity index is 1130. The van der Waals surface area contributed by atoms with Gasteiger partial charge in [-0.3, -0.25) is 14.6 Å². The van der Waals surface area contributed by atoms with Crippen molar-refractivity contribution in [1.29, 1.82) is 0 Å². The Kier molecular flexibility index (Phi) is 4.95. The second-order valence-corrected chi connectivity index (χ2v) is 7.55. The molecule has 1 N–H and O–H groups in total. The minimum atomic E-state index is -0.607. The van der Waals surface area contributed by atoms with Crippen molar-refractivity contribution in [3.8, 4) is 11.3 Å². The normalized spacial score (nSPS) is 15.1. The van der Waals surface area contributed by atoms with Gasteiger partial charge in [-0.2, -0.15) is 0 Å². The van der Waals surface area contributed by atoms with Gasteiger partial charge in [-0.1, -0.05) is 54.6 Å². The smallest absolute Gasteiger partial charge is 0.291 e. The van der Waals surface area contributed by atoms with Crippen molar-refractivity contribution >= 4 is 35.0 Å². The van der Waals surface area contributed by atoms with Gasteiger partial charge in [-0.05, 0) is 35.2 Å². The number of thioether (sulfide) groups is 1. The van der Waals surface area contributed by atoms with E-state index in [0.29, 0.717) is 33.5 Å². The molecular weight excluding hydrogens is 396 g/mol. The number of hydrogen-bond donors (Lipinski definition) is 1. The Hall–Kier alpha value is -2.64. The number of nitrogens with one attached hydrogen (secondary N) is 1. The first-order valence-electron chi connectivity index (χ1n) is 8.82. The largest absolute Gasteiger partial charge is 0.325 e. The highest BCUT2D eigenvalue weighted by atomic mass is 35.5. The molecule has 2 heterocycles. The van der Waals surface area contributed by atoms with Crippen LogP contribution < -0.4 is 15.1 Å². The molecular formula is C20H18ClN4O2S+. The van der Waals surface area contributed by atoms with Crippen molar-refractivity contribution in [1.82, 2.24) is 10.1 Å². The molecule has 142 valence electrons. The molecule has 0 aliphatic carbocycles. The number of rotatable bonds is 3. The number of fused-ring (bicyclic) bond motifs is 3. The molecule has 0 bridgehead atoms. The lowest BCUT2D eigenvalue weighted by Gasteiger charge is -2.32. The number of carbonyl (C=O) groups excluding carboxylic acids is 1. The molecule has 1 unspecified atom stereocenters. The molecule has 8 heteroatoms. The topological polar surface area (TPSA) is 69.9 Å². The van der Waals surface area contributed by atoms with E-state index in [2.05, 4.69) is 10.1 Å². The first-order valence-corrected chi connectivity index (χ1v) is 10.4. The number of amides is 1. The first kappa shape index (κ1) is 18.7. The lowest BCUT2D eigenvalue weighted by molar-refractivity contribution is -0.763. The summed E-state index contributed by atoms with van der Waals surface area (Å²) in [4.78, 5) is 30.5. The maximum absolute atomic E-state index is 13.0. The standard InChI is InChI=1S/C20H17ClN4O2S/c1-3-16(26)24-15-10-5-4-9-14(15)17-18(27)22-20(28-2)23-25(17)19(24)12-7-6-8-13(21)11-12/h4-11,19H,3H2,1-2H3/p+1. The summed E-state index contributed by atoms with van der Waals surface area (Å²) in [6, 6.07) is 14.7. The van der Waals surface area contributed by atoms with Gasteiger partial charge in [0.05, 0.1) is 11.3 Å². The van der Waals surface area contributed by atoms with Crippen LogP contribution in [0, 0.1) is 0 Å². The summed E-state index contributed by atoms with van der Waals surface area (Å²) in [5, 5.41) is 5.66. The number of hydrogen-bond acceptors (Lipinski definition) is 4. The molecule has 2 aromatic carbocycles. The summed E-state index contributed by atoms with van der Waals surface area (Å²) >= 11 is 7.57. The zero-order valence-corrected chi connectivity index (χ0v) is 16.9. The Balaban J connectivity index is 2.10. The summed E-state index contributed by atoms with van der Waals surface area (Å²) in [6.45, 7) is 1.82. The van der Waals surface area contributed by atoms with Crippen molar-refractivity contribution < 1.29 is 9.48 Å². The van der Waals surface area contributed by atoms with E-state index in [9.17, 15) is 9.59 Å². The Morgan fingerprint density at radius 1 is 1.29 bits per heavy atom. The van der Waals surface area contributed by atoms with Gasteiger partial charge in [0.1, 0.15) is 0 Å². The number of benzene rings is 2. The van der Waals surface area contributed by atoms with Gasteiger partial charge in [-0.25, -0.2) is 4.90 Å². The zero-order chi connectivity index (χ0) is 19.8. The van der Waals surface area contributed by atoms with Crippen LogP contribution in [0.5, 0.6) is 0 Å². The van der Waals surface area contributed by atoms with Crippen molar-refractivity contribution in [2.75, 3.05) is 11.2 Å². The van der Waals surface area contributed by atoms with Crippen LogP contribution in [0.2, 0.25) is 5.02 Å². The van der Waals surface area contributed by atoms with Crippen LogP contribution in [0.25, 0.3) is 11.3 Å². The van der Waals surface area contributed by atoms with E-state index in [1.807, 2.05) is 49.6 Å².